The molecule has 3 N–H and O–H groups in total. The van der Waals surface area contributed by atoms with Crippen LogP contribution in [0, 0.1) is 0 Å². The molecule has 0 bridgehead atoms. The Kier molecular flexibility index (Phi) is 3.88. The first-order chi connectivity index (χ1) is 12.6. The first kappa shape index (κ1) is 16.2. The predicted molar refractivity (Wildman–Crippen MR) is 98.0 cm³/mol. The van der Waals surface area contributed by atoms with E-state index < -0.39 is 11.9 Å². The average molecular weight is 349 g/mol. The SMILES string of the molecule is COc1ccc2cc(C(=O)N3CCc4ccccc4C3C(N)=O)[nH]c2c1. The molecule has 6 heteroatoms. The van der Waals surface area contributed by atoms with Crippen LogP contribution in [0.3, 0.4) is 0 Å². The second kappa shape index (κ2) is 6.22. The van der Waals surface area contributed by atoms with E-state index in [2.05, 4.69) is 4.98 Å². The van der Waals surface area contributed by atoms with E-state index in [4.69, 9.17) is 10.5 Å². The van der Waals surface area contributed by atoms with Crippen LogP contribution in [0.15, 0.2) is 48.5 Å². The van der Waals surface area contributed by atoms with Gasteiger partial charge in [-0.15, -0.1) is 0 Å². The number of methoxy groups -OCH3 is 1. The van der Waals surface area contributed by atoms with E-state index in [1.165, 1.54) is 0 Å². The van der Waals surface area contributed by atoms with Crippen LogP contribution in [0.25, 0.3) is 10.9 Å². The van der Waals surface area contributed by atoms with Crippen LogP contribution in [-0.4, -0.2) is 35.4 Å². The molecule has 0 aliphatic carbocycles. The summed E-state index contributed by atoms with van der Waals surface area (Å²) in [5.74, 6) is -0.0537. The molecule has 1 atom stereocenters. The highest BCUT2D eigenvalue weighted by atomic mass is 16.5. The van der Waals surface area contributed by atoms with Crippen LogP contribution in [-0.2, 0) is 11.2 Å². The zero-order valence-electron chi connectivity index (χ0n) is 14.4. The molecule has 2 aromatic carbocycles. The first-order valence-electron chi connectivity index (χ1n) is 8.43. The molecule has 3 aromatic rings. The number of primary amides is 1. The number of hydrogen-bond acceptors (Lipinski definition) is 3. The van der Waals surface area contributed by atoms with Crippen molar-refractivity contribution in [2.75, 3.05) is 13.7 Å². The molecular weight excluding hydrogens is 330 g/mol. The minimum Gasteiger partial charge on any atom is -0.497 e. The molecule has 1 unspecified atom stereocenters. The highest BCUT2D eigenvalue weighted by Gasteiger charge is 2.35. The monoisotopic (exact) mass is 349 g/mol. The number of carbonyl (C=O) groups is 2. The fourth-order valence-electron chi connectivity index (χ4n) is 3.60. The number of benzene rings is 2. The van der Waals surface area contributed by atoms with Crippen LogP contribution in [0.1, 0.15) is 27.7 Å². The maximum absolute atomic E-state index is 13.1. The number of aromatic amines is 1. The normalized spacial score (nSPS) is 16.3. The number of nitrogens with zero attached hydrogens (tertiary/aromatic N) is 1. The molecule has 2 amide bonds. The Labute approximate surface area is 150 Å². The highest BCUT2D eigenvalue weighted by molar-refractivity contribution is 6.00. The van der Waals surface area contributed by atoms with E-state index in [9.17, 15) is 9.59 Å². The zero-order valence-corrected chi connectivity index (χ0v) is 14.4. The fourth-order valence-corrected chi connectivity index (χ4v) is 3.60. The summed E-state index contributed by atoms with van der Waals surface area (Å²) in [4.78, 5) is 29.9. The van der Waals surface area contributed by atoms with Gasteiger partial charge in [0.25, 0.3) is 5.91 Å². The summed E-state index contributed by atoms with van der Waals surface area (Å²) in [5, 5.41) is 0.905. The van der Waals surface area contributed by atoms with Crippen LogP contribution in [0.4, 0.5) is 0 Å². The molecule has 1 aliphatic rings. The summed E-state index contributed by atoms with van der Waals surface area (Å²) < 4.78 is 5.22. The number of carbonyl (C=O) groups excluding carboxylic acids is 2. The van der Waals surface area contributed by atoms with E-state index >= 15 is 0 Å². The minimum absolute atomic E-state index is 0.238. The van der Waals surface area contributed by atoms with Gasteiger partial charge in [-0.2, -0.15) is 0 Å². The largest absolute Gasteiger partial charge is 0.497 e. The van der Waals surface area contributed by atoms with Crippen molar-refractivity contribution in [3.63, 3.8) is 0 Å². The van der Waals surface area contributed by atoms with E-state index in [1.54, 1.807) is 18.1 Å². The second-order valence-corrected chi connectivity index (χ2v) is 6.39. The average Bonchev–Trinajstić information content (AvgIpc) is 3.09. The molecular formula is C20H19N3O3. The minimum atomic E-state index is -0.756. The lowest BCUT2D eigenvalue weighted by Gasteiger charge is -2.35. The molecule has 1 aliphatic heterocycles. The molecule has 0 fully saturated rings. The molecule has 0 radical (unpaired) electrons. The van der Waals surface area contributed by atoms with E-state index in [1.807, 2.05) is 42.5 Å². The number of nitrogens with one attached hydrogen (secondary N) is 1. The van der Waals surface area contributed by atoms with Gasteiger partial charge in [0, 0.05) is 23.5 Å². The van der Waals surface area contributed by atoms with Gasteiger partial charge >= 0.3 is 0 Å². The fraction of sp³-hybridized carbons (Fsp3) is 0.200. The van der Waals surface area contributed by atoms with Gasteiger partial charge in [-0.1, -0.05) is 24.3 Å². The Balaban J connectivity index is 1.72. The topological polar surface area (TPSA) is 88.4 Å². The van der Waals surface area contributed by atoms with Gasteiger partial charge in [0.1, 0.15) is 17.5 Å². The van der Waals surface area contributed by atoms with Crippen LogP contribution < -0.4 is 10.5 Å². The Hall–Kier alpha value is -3.28. The standard InChI is InChI=1S/C20H19N3O3/c1-26-14-7-6-13-10-17(22-16(13)11-14)20(25)23-9-8-12-4-2-3-5-15(12)18(23)19(21)24/h2-7,10-11,18,22H,8-9H2,1H3,(H2,21,24). The number of amides is 2. The first-order valence-corrected chi connectivity index (χ1v) is 8.43. The number of H-pyrrole nitrogens is 1. The van der Waals surface area contributed by atoms with Gasteiger partial charge < -0.3 is 20.4 Å². The van der Waals surface area contributed by atoms with E-state index in [-0.39, 0.29) is 5.91 Å². The van der Waals surface area contributed by atoms with Crippen LogP contribution in [0.2, 0.25) is 0 Å². The molecule has 0 saturated heterocycles. The lowest BCUT2D eigenvalue weighted by molar-refractivity contribution is -0.123. The van der Waals surface area contributed by atoms with Gasteiger partial charge in [-0.25, -0.2) is 0 Å². The van der Waals surface area contributed by atoms with Crippen molar-refractivity contribution in [1.82, 2.24) is 9.88 Å². The molecule has 6 nitrogen and oxygen atoms in total. The highest BCUT2D eigenvalue weighted by Crippen LogP contribution is 2.31. The zero-order chi connectivity index (χ0) is 18.3. The van der Waals surface area contributed by atoms with Gasteiger partial charge in [0.15, 0.2) is 0 Å². The maximum atomic E-state index is 13.1. The molecule has 4 rings (SSSR count). The van der Waals surface area contributed by atoms with Crippen molar-refractivity contribution in [1.29, 1.82) is 0 Å². The van der Waals surface area contributed by atoms with E-state index in [0.29, 0.717) is 24.4 Å². The number of fused-ring (bicyclic) bond motifs is 2. The summed E-state index contributed by atoms with van der Waals surface area (Å²) >= 11 is 0. The third-order valence-corrected chi connectivity index (χ3v) is 4.87. The number of nitrogens with two attached hydrogens (primary N) is 1. The summed E-state index contributed by atoms with van der Waals surface area (Å²) in [5.41, 5.74) is 8.74. The lowest BCUT2D eigenvalue weighted by atomic mass is 9.92. The van der Waals surface area contributed by atoms with Crippen molar-refractivity contribution in [2.24, 2.45) is 5.73 Å². The third-order valence-electron chi connectivity index (χ3n) is 4.87. The maximum Gasteiger partial charge on any atom is 0.271 e. The van der Waals surface area contributed by atoms with Gasteiger partial charge in [-0.05, 0) is 35.7 Å². The van der Waals surface area contributed by atoms with E-state index in [0.717, 1.165) is 22.0 Å². The quantitative estimate of drug-likeness (QED) is 0.761. The smallest absolute Gasteiger partial charge is 0.271 e. The summed E-state index contributed by atoms with van der Waals surface area (Å²) in [6, 6.07) is 14.2. The summed E-state index contributed by atoms with van der Waals surface area (Å²) in [7, 11) is 1.60. The van der Waals surface area contributed by atoms with Crippen molar-refractivity contribution >= 4 is 22.7 Å². The number of rotatable bonds is 3. The Bertz CT molecular complexity index is 1010. The lowest BCUT2D eigenvalue weighted by Crippen LogP contribution is -2.45. The van der Waals surface area contributed by atoms with Crippen molar-refractivity contribution < 1.29 is 14.3 Å². The van der Waals surface area contributed by atoms with Gasteiger partial charge in [0.2, 0.25) is 5.91 Å². The Morgan fingerprint density at radius 1 is 1.19 bits per heavy atom. The molecule has 26 heavy (non-hydrogen) atoms. The molecule has 0 saturated carbocycles. The van der Waals surface area contributed by atoms with Crippen LogP contribution in [0.5, 0.6) is 5.75 Å². The van der Waals surface area contributed by atoms with Crippen LogP contribution >= 0.6 is 0 Å². The second-order valence-electron chi connectivity index (χ2n) is 6.39. The number of hydrogen-bond donors (Lipinski definition) is 2. The van der Waals surface area contributed by atoms with Crippen molar-refractivity contribution in [3.05, 3.63) is 65.4 Å². The van der Waals surface area contributed by atoms with Crippen molar-refractivity contribution in [3.8, 4) is 5.75 Å². The van der Waals surface area contributed by atoms with Gasteiger partial charge in [0.05, 0.1) is 7.11 Å². The molecule has 132 valence electrons. The summed E-state index contributed by atoms with van der Waals surface area (Å²) in [6.45, 7) is 0.447. The molecule has 1 aromatic heterocycles. The predicted octanol–water partition coefficient (Wildman–Crippen LogP) is 2.40. The number of aromatic nitrogens is 1. The molecule has 0 spiro atoms. The number of ether oxygens (including phenoxy) is 1. The van der Waals surface area contributed by atoms with Crippen molar-refractivity contribution in [2.45, 2.75) is 12.5 Å². The summed E-state index contributed by atoms with van der Waals surface area (Å²) in [6.07, 6.45) is 0.694. The Morgan fingerprint density at radius 2 is 2.00 bits per heavy atom. The third kappa shape index (κ3) is 2.60. The Morgan fingerprint density at radius 3 is 2.77 bits per heavy atom. The molecule has 2 heterocycles. The van der Waals surface area contributed by atoms with Gasteiger partial charge in [-0.3, -0.25) is 9.59 Å².